The summed E-state index contributed by atoms with van der Waals surface area (Å²) in [6.45, 7) is 4.98. The molecule has 6 nitrogen and oxygen atoms in total. The summed E-state index contributed by atoms with van der Waals surface area (Å²) in [5.41, 5.74) is 0. The highest BCUT2D eigenvalue weighted by Crippen LogP contribution is 2.19. The van der Waals surface area contributed by atoms with Gasteiger partial charge in [-0.3, -0.25) is 9.59 Å². The molecule has 0 aromatic carbocycles. The van der Waals surface area contributed by atoms with Gasteiger partial charge in [0, 0.05) is 12.8 Å². The Bertz CT molecular complexity index is 1110. The van der Waals surface area contributed by atoms with Crippen LogP contribution >= 0.6 is 0 Å². The van der Waals surface area contributed by atoms with E-state index in [2.05, 4.69) is 31.3 Å². The van der Waals surface area contributed by atoms with E-state index < -0.39 is 12.1 Å². The molecular formula is C68H133NO5. The van der Waals surface area contributed by atoms with Gasteiger partial charge in [-0.05, 0) is 51.4 Å². The van der Waals surface area contributed by atoms with Crippen molar-refractivity contribution >= 4 is 11.9 Å². The number of rotatable bonds is 64. The number of hydrogen-bond acceptors (Lipinski definition) is 5. The Kier molecular flexibility index (Phi) is 62.9. The molecule has 2 unspecified atom stereocenters. The van der Waals surface area contributed by atoms with Crippen LogP contribution in [0.2, 0.25) is 0 Å². The first-order chi connectivity index (χ1) is 36.5. The van der Waals surface area contributed by atoms with E-state index in [-0.39, 0.29) is 18.5 Å². The molecule has 0 bridgehead atoms. The number of aliphatic hydroxyl groups excluding tert-OH is 2. The summed E-state index contributed by atoms with van der Waals surface area (Å²) in [6, 6.07) is -0.547. The quantitative estimate of drug-likeness (QED) is 0.0320. The summed E-state index contributed by atoms with van der Waals surface area (Å²) in [4.78, 5) is 24.6. The maximum Gasteiger partial charge on any atom is 0.305 e. The third-order valence-electron chi connectivity index (χ3n) is 16.1. The van der Waals surface area contributed by atoms with Crippen LogP contribution in [0.25, 0.3) is 0 Å². The predicted octanol–water partition coefficient (Wildman–Crippen LogP) is 21.6. The van der Waals surface area contributed by atoms with Gasteiger partial charge in [0.15, 0.2) is 0 Å². The minimum absolute atomic E-state index is 0.0117. The monoisotopic (exact) mass is 1040 g/mol. The molecule has 0 saturated carbocycles. The van der Waals surface area contributed by atoms with Crippen LogP contribution in [0.15, 0.2) is 12.2 Å². The van der Waals surface area contributed by atoms with Gasteiger partial charge in [0.25, 0.3) is 0 Å². The molecule has 0 radical (unpaired) electrons. The van der Waals surface area contributed by atoms with Crippen molar-refractivity contribution in [2.45, 2.75) is 398 Å². The summed E-state index contributed by atoms with van der Waals surface area (Å²) in [5, 5.41) is 23.4. The maximum atomic E-state index is 12.5. The maximum absolute atomic E-state index is 12.5. The second-order valence-corrected chi connectivity index (χ2v) is 23.5. The Hall–Kier alpha value is -1.40. The molecule has 0 aliphatic rings. The molecule has 1 amide bonds. The number of nitrogens with one attached hydrogen (secondary N) is 1. The topological polar surface area (TPSA) is 95.9 Å². The molecule has 0 aliphatic heterocycles. The summed E-state index contributed by atoms with van der Waals surface area (Å²) < 4.78 is 5.48. The van der Waals surface area contributed by atoms with E-state index in [0.29, 0.717) is 25.9 Å². The Balaban J connectivity index is 3.41. The third kappa shape index (κ3) is 59.8. The SMILES string of the molecule is CCCCCCCCCCCCCCCCCCCCCCCCCC(O)C(CO)NC(=O)CCCCCCCCC/C=C\CCCCCCCCCCCCCOC(=O)CCCCCCCCCCCCCC. The average molecular weight is 1040 g/mol. The van der Waals surface area contributed by atoms with E-state index in [9.17, 15) is 19.8 Å². The number of ether oxygens (including phenoxy) is 1. The zero-order valence-electron chi connectivity index (χ0n) is 50.4. The van der Waals surface area contributed by atoms with Crippen LogP contribution in [0, 0.1) is 0 Å². The van der Waals surface area contributed by atoms with E-state index in [0.717, 1.165) is 38.5 Å². The lowest BCUT2D eigenvalue weighted by atomic mass is 10.0. The van der Waals surface area contributed by atoms with Crippen LogP contribution in [-0.2, 0) is 14.3 Å². The lowest BCUT2D eigenvalue weighted by molar-refractivity contribution is -0.143. The number of carbonyl (C=O) groups is 2. The van der Waals surface area contributed by atoms with E-state index in [1.54, 1.807) is 0 Å². The van der Waals surface area contributed by atoms with Gasteiger partial charge in [0.05, 0.1) is 25.4 Å². The van der Waals surface area contributed by atoms with Crippen molar-refractivity contribution in [1.29, 1.82) is 0 Å². The van der Waals surface area contributed by atoms with Crippen molar-refractivity contribution in [2.75, 3.05) is 13.2 Å². The lowest BCUT2D eigenvalue weighted by Gasteiger charge is -2.22. The van der Waals surface area contributed by atoms with Crippen LogP contribution in [-0.4, -0.2) is 47.4 Å². The molecule has 3 N–H and O–H groups in total. The number of esters is 1. The van der Waals surface area contributed by atoms with Gasteiger partial charge in [0.2, 0.25) is 5.91 Å². The van der Waals surface area contributed by atoms with E-state index in [1.165, 1.54) is 315 Å². The van der Waals surface area contributed by atoms with Crippen LogP contribution in [0.4, 0.5) is 0 Å². The Morgan fingerprint density at radius 1 is 0.365 bits per heavy atom. The molecule has 440 valence electrons. The molecule has 74 heavy (non-hydrogen) atoms. The lowest BCUT2D eigenvalue weighted by Crippen LogP contribution is -2.45. The first-order valence-corrected chi connectivity index (χ1v) is 33.9. The number of allylic oxidation sites excluding steroid dienone is 2. The summed E-state index contributed by atoms with van der Waals surface area (Å²) in [5.74, 6) is -0.0254. The molecule has 0 rings (SSSR count). The standard InChI is InChI=1S/C68H133NO5/c1-3-5-7-9-11-13-15-17-18-19-20-21-22-25-28-31-34-37-40-44-48-52-56-60-66(71)65(64-70)69-67(72)61-57-53-49-45-41-38-35-32-29-26-23-24-27-30-33-36-39-43-47-51-55-59-63-74-68(73)62-58-54-50-46-42-16-14-12-10-8-6-4-2/h26,29,65-66,70-71H,3-25,27-28,30-64H2,1-2H3,(H,69,72)/b29-26-. The van der Waals surface area contributed by atoms with Gasteiger partial charge in [-0.2, -0.15) is 0 Å². The zero-order valence-corrected chi connectivity index (χ0v) is 50.4. The van der Waals surface area contributed by atoms with Gasteiger partial charge < -0.3 is 20.3 Å². The molecule has 0 saturated heterocycles. The zero-order chi connectivity index (χ0) is 53.6. The van der Waals surface area contributed by atoms with E-state index in [4.69, 9.17) is 4.74 Å². The van der Waals surface area contributed by atoms with Crippen molar-refractivity contribution in [1.82, 2.24) is 5.32 Å². The Morgan fingerprint density at radius 2 is 0.635 bits per heavy atom. The fraction of sp³-hybridized carbons (Fsp3) is 0.941. The average Bonchev–Trinajstić information content (AvgIpc) is 3.40. The molecule has 0 aromatic heterocycles. The van der Waals surface area contributed by atoms with Crippen molar-refractivity contribution < 1.29 is 24.5 Å². The highest BCUT2D eigenvalue weighted by Gasteiger charge is 2.20. The van der Waals surface area contributed by atoms with Crippen molar-refractivity contribution in [2.24, 2.45) is 0 Å². The molecule has 0 aliphatic carbocycles. The number of carbonyl (C=O) groups excluding carboxylic acids is 2. The van der Waals surface area contributed by atoms with Crippen molar-refractivity contribution in [3.63, 3.8) is 0 Å². The third-order valence-corrected chi connectivity index (χ3v) is 16.1. The summed E-state index contributed by atoms with van der Waals surface area (Å²) in [6.07, 6.45) is 78.1. The van der Waals surface area contributed by atoms with Crippen molar-refractivity contribution in [3.05, 3.63) is 12.2 Å². The molecule has 0 spiro atoms. The van der Waals surface area contributed by atoms with Crippen LogP contribution in [0.3, 0.4) is 0 Å². The van der Waals surface area contributed by atoms with Crippen LogP contribution < -0.4 is 5.32 Å². The fourth-order valence-electron chi connectivity index (χ4n) is 10.9. The fourth-order valence-corrected chi connectivity index (χ4v) is 10.9. The van der Waals surface area contributed by atoms with E-state index >= 15 is 0 Å². The molecule has 2 atom stereocenters. The highest BCUT2D eigenvalue weighted by atomic mass is 16.5. The first-order valence-electron chi connectivity index (χ1n) is 33.9. The smallest absolute Gasteiger partial charge is 0.305 e. The Labute approximate surface area is 463 Å². The normalized spacial score (nSPS) is 12.5. The summed E-state index contributed by atoms with van der Waals surface area (Å²) in [7, 11) is 0. The number of aliphatic hydroxyl groups is 2. The number of unbranched alkanes of at least 4 members (excludes halogenated alkanes) is 51. The largest absolute Gasteiger partial charge is 0.466 e. The number of hydrogen-bond donors (Lipinski definition) is 3. The molecule has 0 aromatic rings. The number of amides is 1. The minimum Gasteiger partial charge on any atom is -0.466 e. The minimum atomic E-state index is -0.669. The van der Waals surface area contributed by atoms with Gasteiger partial charge in [0.1, 0.15) is 0 Å². The molecular weight excluding hydrogens is 911 g/mol. The molecule has 0 fully saturated rings. The first kappa shape index (κ1) is 72.6. The second kappa shape index (κ2) is 64.1. The van der Waals surface area contributed by atoms with Gasteiger partial charge >= 0.3 is 5.97 Å². The van der Waals surface area contributed by atoms with Crippen LogP contribution in [0.1, 0.15) is 386 Å². The highest BCUT2D eigenvalue weighted by molar-refractivity contribution is 5.76. The second-order valence-electron chi connectivity index (χ2n) is 23.5. The van der Waals surface area contributed by atoms with Gasteiger partial charge in [-0.1, -0.05) is 334 Å². The Morgan fingerprint density at radius 3 is 0.959 bits per heavy atom. The molecule has 0 heterocycles. The van der Waals surface area contributed by atoms with Crippen LogP contribution in [0.5, 0.6) is 0 Å². The van der Waals surface area contributed by atoms with Gasteiger partial charge in [-0.15, -0.1) is 0 Å². The van der Waals surface area contributed by atoms with Gasteiger partial charge in [-0.25, -0.2) is 0 Å². The van der Waals surface area contributed by atoms with E-state index in [1.807, 2.05) is 0 Å². The van der Waals surface area contributed by atoms with Crippen molar-refractivity contribution in [3.8, 4) is 0 Å². The summed E-state index contributed by atoms with van der Waals surface area (Å²) >= 11 is 0. The molecule has 6 heteroatoms. The predicted molar refractivity (Wildman–Crippen MR) is 324 cm³/mol.